The van der Waals surface area contributed by atoms with Gasteiger partial charge in [-0.3, -0.25) is 4.90 Å². The van der Waals surface area contributed by atoms with Crippen LogP contribution < -0.4 is 10.6 Å². The molecule has 2 aromatic rings. The molecule has 0 radical (unpaired) electrons. The summed E-state index contributed by atoms with van der Waals surface area (Å²) in [6.07, 6.45) is 1.15. The van der Waals surface area contributed by atoms with Gasteiger partial charge in [-0.25, -0.2) is 0 Å². The fourth-order valence-electron chi connectivity index (χ4n) is 3.14. The number of rotatable bonds is 6. The number of nitrogens with one attached hydrogen (secondary N) is 2. The summed E-state index contributed by atoms with van der Waals surface area (Å²) < 4.78 is 0. The molecule has 1 unspecified atom stereocenters. The standard InChI is InChI=1S/C20H27N3/c1-17-7-9-19(10-8-17)21-12-11-20-16-23(14-13-22-20)15-18-5-3-2-4-6-18/h2-10,20-22H,11-16H2,1H3. The molecule has 2 aromatic carbocycles. The molecule has 1 fully saturated rings. The monoisotopic (exact) mass is 309 g/mol. The van der Waals surface area contributed by atoms with E-state index in [1.165, 1.54) is 16.8 Å². The van der Waals surface area contributed by atoms with Crippen molar-refractivity contribution in [1.29, 1.82) is 0 Å². The van der Waals surface area contributed by atoms with E-state index in [2.05, 4.69) is 77.1 Å². The van der Waals surface area contributed by atoms with Crippen molar-refractivity contribution in [3.8, 4) is 0 Å². The number of anilines is 1. The minimum Gasteiger partial charge on any atom is -0.385 e. The van der Waals surface area contributed by atoms with Gasteiger partial charge in [-0.05, 0) is 31.0 Å². The summed E-state index contributed by atoms with van der Waals surface area (Å²) in [4.78, 5) is 2.56. The molecule has 122 valence electrons. The van der Waals surface area contributed by atoms with Crippen molar-refractivity contribution in [3.05, 3.63) is 65.7 Å². The third kappa shape index (κ3) is 5.08. The fourth-order valence-corrected chi connectivity index (χ4v) is 3.14. The van der Waals surface area contributed by atoms with Gasteiger partial charge in [0, 0.05) is 44.5 Å². The van der Waals surface area contributed by atoms with E-state index in [4.69, 9.17) is 0 Å². The summed E-state index contributed by atoms with van der Waals surface area (Å²) in [5, 5.41) is 7.17. The number of benzene rings is 2. The molecule has 23 heavy (non-hydrogen) atoms. The average Bonchev–Trinajstić information content (AvgIpc) is 2.58. The van der Waals surface area contributed by atoms with E-state index in [1.807, 2.05) is 0 Å². The Morgan fingerprint density at radius 3 is 2.65 bits per heavy atom. The molecule has 3 rings (SSSR count). The van der Waals surface area contributed by atoms with Crippen molar-refractivity contribution in [3.63, 3.8) is 0 Å². The lowest BCUT2D eigenvalue weighted by atomic mass is 10.1. The second-order valence-corrected chi connectivity index (χ2v) is 6.45. The molecule has 0 bridgehead atoms. The highest BCUT2D eigenvalue weighted by molar-refractivity contribution is 5.44. The maximum absolute atomic E-state index is 3.65. The lowest BCUT2D eigenvalue weighted by molar-refractivity contribution is 0.189. The van der Waals surface area contributed by atoms with Crippen LogP contribution in [0, 0.1) is 6.92 Å². The molecule has 0 spiro atoms. The van der Waals surface area contributed by atoms with E-state index < -0.39 is 0 Å². The third-order valence-corrected chi connectivity index (χ3v) is 4.46. The molecule has 1 heterocycles. The predicted molar refractivity (Wildman–Crippen MR) is 97.8 cm³/mol. The van der Waals surface area contributed by atoms with E-state index >= 15 is 0 Å². The van der Waals surface area contributed by atoms with Gasteiger partial charge in [0.05, 0.1) is 0 Å². The molecule has 1 atom stereocenters. The lowest BCUT2D eigenvalue weighted by Crippen LogP contribution is -2.50. The Balaban J connectivity index is 1.42. The van der Waals surface area contributed by atoms with Crippen LogP contribution in [-0.2, 0) is 6.54 Å². The van der Waals surface area contributed by atoms with E-state index in [0.717, 1.165) is 39.1 Å². The van der Waals surface area contributed by atoms with Gasteiger partial charge in [-0.2, -0.15) is 0 Å². The largest absolute Gasteiger partial charge is 0.385 e. The van der Waals surface area contributed by atoms with Crippen LogP contribution in [0.5, 0.6) is 0 Å². The van der Waals surface area contributed by atoms with Gasteiger partial charge in [-0.15, -0.1) is 0 Å². The van der Waals surface area contributed by atoms with Crippen LogP contribution in [0.25, 0.3) is 0 Å². The number of hydrogen-bond donors (Lipinski definition) is 2. The topological polar surface area (TPSA) is 27.3 Å². The fraction of sp³-hybridized carbons (Fsp3) is 0.400. The molecule has 0 amide bonds. The van der Waals surface area contributed by atoms with Gasteiger partial charge in [0.15, 0.2) is 0 Å². The summed E-state index contributed by atoms with van der Waals surface area (Å²) in [5.41, 5.74) is 3.93. The quantitative estimate of drug-likeness (QED) is 0.857. The summed E-state index contributed by atoms with van der Waals surface area (Å²) in [5.74, 6) is 0. The maximum Gasteiger partial charge on any atom is 0.0340 e. The highest BCUT2D eigenvalue weighted by Crippen LogP contribution is 2.11. The summed E-state index contributed by atoms with van der Waals surface area (Å²) in [6, 6.07) is 20.0. The number of piperazine rings is 1. The number of nitrogens with zero attached hydrogens (tertiary/aromatic N) is 1. The zero-order valence-electron chi connectivity index (χ0n) is 14.0. The smallest absolute Gasteiger partial charge is 0.0340 e. The Hall–Kier alpha value is -1.84. The Bertz CT molecular complexity index is 580. The van der Waals surface area contributed by atoms with Crippen LogP contribution in [0.3, 0.4) is 0 Å². The maximum atomic E-state index is 3.65. The lowest BCUT2D eigenvalue weighted by Gasteiger charge is -2.34. The second-order valence-electron chi connectivity index (χ2n) is 6.45. The molecule has 2 N–H and O–H groups in total. The molecule has 1 aliphatic rings. The average molecular weight is 309 g/mol. The minimum atomic E-state index is 0.574. The highest BCUT2D eigenvalue weighted by Gasteiger charge is 2.18. The van der Waals surface area contributed by atoms with E-state index in [0.29, 0.717) is 6.04 Å². The van der Waals surface area contributed by atoms with Crippen molar-refractivity contribution in [2.75, 3.05) is 31.5 Å². The summed E-state index contributed by atoms with van der Waals surface area (Å²) in [7, 11) is 0. The molecule has 0 saturated carbocycles. The zero-order chi connectivity index (χ0) is 15.9. The van der Waals surface area contributed by atoms with Gasteiger partial charge in [0.2, 0.25) is 0 Å². The van der Waals surface area contributed by atoms with E-state index in [-0.39, 0.29) is 0 Å². The molecule has 1 saturated heterocycles. The third-order valence-electron chi connectivity index (χ3n) is 4.46. The van der Waals surface area contributed by atoms with Crippen molar-refractivity contribution in [2.24, 2.45) is 0 Å². The highest BCUT2D eigenvalue weighted by atomic mass is 15.2. The first kappa shape index (κ1) is 16.0. The first-order valence-electron chi connectivity index (χ1n) is 8.60. The normalized spacial score (nSPS) is 18.7. The Labute approximate surface area is 139 Å². The molecule has 3 heteroatoms. The summed E-state index contributed by atoms with van der Waals surface area (Å²) in [6.45, 7) is 7.55. The van der Waals surface area contributed by atoms with E-state index in [1.54, 1.807) is 0 Å². The van der Waals surface area contributed by atoms with Gasteiger partial charge in [-0.1, -0.05) is 48.0 Å². The van der Waals surface area contributed by atoms with Crippen molar-refractivity contribution in [1.82, 2.24) is 10.2 Å². The summed E-state index contributed by atoms with van der Waals surface area (Å²) >= 11 is 0. The Kier molecular flexibility index (Phi) is 5.67. The van der Waals surface area contributed by atoms with Crippen LogP contribution in [-0.4, -0.2) is 37.1 Å². The molecular weight excluding hydrogens is 282 g/mol. The van der Waals surface area contributed by atoms with Crippen molar-refractivity contribution >= 4 is 5.69 Å². The second kappa shape index (κ2) is 8.14. The minimum absolute atomic E-state index is 0.574. The Morgan fingerprint density at radius 1 is 1.09 bits per heavy atom. The molecule has 1 aliphatic heterocycles. The van der Waals surface area contributed by atoms with Crippen LogP contribution in [0.2, 0.25) is 0 Å². The van der Waals surface area contributed by atoms with Crippen LogP contribution in [0.15, 0.2) is 54.6 Å². The Morgan fingerprint density at radius 2 is 1.87 bits per heavy atom. The van der Waals surface area contributed by atoms with Gasteiger partial charge >= 0.3 is 0 Å². The number of hydrogen-bond acceptors (Lipinski definition) is 3. The molecular formula is C20H27N3. The van der Waals surface area contributed by atoms with Crippen molar-refractivity contribution < 1.29 is 0 Å². The number of aryl methyl sites for hydroxylation is 1. The van der Waals surface area contributed by atoms with Crippen molar-refractivity contribution in [2.45, 2.75) is 25.9 Å². The molecule has 3 nitrogen and oxygen atoms in total. The van der Waals surface area contributed by atoms with Gasteiger partial charge < -0.3 is 10.6 Å². The van der Waals surface area contributed by atoms with Gasteiger partial charge in [0.25, 0.3) is 0 Å². The van der Waals surface area contributed by atoms with Crippen LogP contribution >= 0.6 is 0 Å². The van der Waals surface area contributed by atoms with Crippen LogP contribution in [0.4, 0.5) is 5.69 Å². The van der Waals surface area contributed by atoms with Crippen LogP contribution in [0.1, 0.15) is 17.5 Å². The molecule has 0 aliphatic carbocycles. The zero-order valence-corrected chi connectivity index (χ0v) is 14.0. The molecule has 0 aromatic heterocycles. The first-order chi connectivity index (χ1) is 11.3. The first-order valence-corrected chi connectivity index (χ1v) is 8.60. The SMILES string of the molecule is Cc1ccc(NCCC2CN(Cc3ccccc3)CCN2)cc1. The van der Waals surface area contributed by atoms with Gasteiger partial charge in [0.1, 0.15) is 0 Å². The predicted octanol–water partition coefficient (Wildman–Crippen LogP) is 3.27. The van der Waals surface area contributed by atoms with E-state index in [9.17, 15) is 0 Å².